The summed E-state index contributed by atoms with van der Waals surface area (Å²) in [6.07, 6.45) is 2.54. The fraction of sp³-hybridized carbons (Fsp3) is 0.571. The van der Waals surface area contributed by atoms with Gasteiger partial charge < -0.3 is 5.32 Å². The SMILES string of the molecule is CCCNC(=O)Nc1cn(C)nn1. The molecule has 13 heavy (non-hydrogen) atoms. The van der Waals surface area contributed by atoms with E-state index in [2.05, 4.69) is 20.9 Å². The number of aromatic nitrogens is 3. The van der Waals surface area contributed by atoms with Crippen LogP contribution in [0.4, 0.5) is 10.6 Å². The van der Waals surface area contributed by atoms with Gasteiger partial charge in [0.25, 0.3) is 0 Å². The molecule has 0 aliphatic carbocycles. The summed E-state index contributed by atoms with van der Waals surface area (Å²) < 4.78 is 1.52. The van der Waals surface area contributed by atoms with E-state index in [4.69, 9.17) is 0 Å². The number of urea groups is 1. The topological polar surface area (TPSA) is 71.8 Å². The largest absolute Gasteiger partial charge is 0.338 e. The minimum absolute atomic E-state index is 0.248. The van der Waals surface area contributed by atoms with Crippen molar-refractivity contribution >= 4 is 11.8 Å². The molecule has 0 aliphatic heterocycles. The molecule has 1 aromatic heterocycles. The molecule has 1 rings (SSSR count). The Hall–Kier alpha value is -1.59. The van der Waals surface area contributed by atoms with Crippen molar-refractivity contribution < 1.29 is 4.79 Å². The lowest BCUT2D eigenvalue weighted by Gasteiger charge is -2.01. The van der Waals surface area contributed by atoms with Gasteiger partial charge in [-0.2, -0.15) is 0 Å². The molecular weight excluding hydrogens is 170 g/mol. The molecule has 1 heterocycles. The number of carbonyl (C=O) groups is 1. The quantitative estimate of drug-likeness (QED) is 0.710. The van der Waals surface area contributed by atoms with Crippen LogP contribution in [0.5, 0.6) is 0 Å². The Bertz CT molecular complexity index is 282. The fourth-order valence-corrected chi connectivity index (χ4v) is 0.804. The van der Waals surface area contributed by atoms with E-state index < -0.39 is 0 Å². The minimum Gasteiger partial charge on any atom is -0.338 e. The molecule has 6 heteroatoms. The zero-order chi connectivity index (χ0) is 9.68. The van der Waals surface area contributed by atoms with Crippen molar-refractivity contribution in [2.24, 2.45) is 7.05 Å². The highest BCUT2D eigenvalue weighted by atomic mass is 16.2. The van der Waals surface area contributed by atoms with Gasteiger partial charge in [0.2, 0.25) is 0 Å². The molecule has 72 valence electrons. The summed E-state index contributed by atoms with van der Waals surface area (Å²) in [4.78, 5) is 11.1. The van der Waals surface area contributed by atoms with Gasteiger partial charge in [0.05, 0.1) is 6.20 Å². The summed E-state index contributed by atoms with van der Waals surface area (Å²) in [6.45, 7) is 2.65. The smallest absolute Gasteiger partial charge is 0.320 e. The average molecular weight is 183 g/mol. The van der Waals surface area contributed by atoms with Gasteiger partial charge in [-0.05, 0) is 6.42 Å². The van der Waals surface area contributed by atoms with E-state index in [-0.39, 0.29) is 6.03 Å². The molecule has 2 amide bonds. The normalized spacial score (nSPS) is 9.69. The average Bonchev–Trinajstić information content (AvgIpc) is 2.48. The summed E-state index contributed by atoms with van der Waals surface area (Å²) in [5.41, 5.74) is 0. The molecular formula is C7H13N5O. The van der Waals surface area contributed by atoms with Gasteiger partial charge in [-0.15, -0.1) is 5.10 Å². The van der Waals surface area contributed by atoms with E-state index >= 15 is 0 Å². The molecule has 0 bridgehead atoms. The number of amides is 2. The number of hydrogen-bond donors (Lipinski definition) is 2. The Kier molecular flexibility index (Phi) is 3.24. The predicted octanol–water partition coefficient (Wildman–Crippen LogP) is 0.347. The van der Waals surface area contributed by atoms with Crippen molar-refractivity contribution in [1.29, 1.82) is 0 Å². The molecule has 2 N–H and O–H groups in total. The van der Waals surface area contributed by atoms with Crippen molar-refractivity contribution in [1.82, 2.24) is 20.3 Å². The van der Waals surface area contributed by atoms with Gasteiger partial charge in [-0.3, -0.25) is 10.00 Å². The van der Waals surface area contributed by atoms with Crippen LogP contribution in [-0.4, -0.2) is 27.6 Å². The third kappa shape index (κ3) is 3.10. The second kappa shape index (κ2) is 4.44. The summed E-state index contributed by atoms with van der Waals surface area (Å²) >= 11 is 0. The van der Waals surface area contributed by atoms with Crippen molar-refractivity contribution in [2.45, 2.75) is 13.3 Å². The number of rotatable bonds is 3. The van der Waals surface area contributed by atoms with Gasteiger partial charge in [-0.25, -0.2) is 4.79 Å². The van der Waals surface area contributed by atoms with E-state index in [0.29, 0.717) is 12.4 Å². The third-order valence-corrected chi connectivity index (χ3v) is 1.38. The summed E-state index contributed by atoms with van der Waals surface area (Å²) in [5.74, 6) is 0.455. The lowest BCUT2D eigenvalue weighted by atomic mass is 10.5. The lowest BCUT2D eigenvalue weighted by Crippen LogP contribution is -2.29. The highest BCUT2D eigenvalue weighted by Gasteiger charge is 2.02. The van der Waals surface area contributed by atoms with Crippen molar-refractivity contribution in [2.75, 3.05) is 11.9 Å². The van der Waals surface area contributed by atoms with Gasteiger partial charge in [-0.1, -0.05) is 12.1 Å². The van der Waals surface area contributed by atoms with Crippen LogP contribution in [0.1, 0.15) is 13.3 Å². The number of nitrogens with zero attached hydrogens (tertiary/aromatic N) is 3. The molecule has 0 fully saturated rings. The van der Waals surface area contributed by atoms with Gasteiger partial charge in [0.1, 0.15) is 0 Å². The number of anilines is 1. The van der Waals surface area contributed by atoms with Crippen LogP contribution >= 0.6 is 0 Å². The Morgan fingerprint density at radius 3 is 3.00 bits per heavy atom. The Balaban J connectivity index is 2.36. The maximum absolute atomic E-state index is 11.1. The number of carbonyl (C=O) groups excluding carboxylic acids is 1. The predicted molar refractivity (Wildman–Crippen MR) is 48.3 cm³/mol. The minimum atomic E-state index is -0.248. The van der Waals surface area contributed by atoms with E-state index in [1.807, 2.05) is 6.92 Å². The van der Waals surface area contributed by atoms with Crippen LogP contribution < -0.4 is 10.6 Å². The van der Waals surface area contributed by atoms with E-state index in [1.165, 1.54) is 4.68 Å². The molecule has 0 saturated heterocycles. The third-order valence-electron chi connectivity index (χ3n) is 1.38. The van der Waals surface area contributed by atoms with Crippen LogP contribution in [-0.2, 0) is 7.05 Å². The molecule has 6 nitrogen and oxygen atoms in total. The van der Waals surface area contributed by atoms with Gasteiger partial charge >= 0.3 is 6.03 Å². The zero-order valence-electron chi connectivity index (χ0n) is 7.74. The number of aryl methyl sites for hydroxylation is 1. The first kappa shape index (κ1) is 9.50. The first-order valence-electron chi connectivity index (χ1n) is 4.13. The molecule has 0 radical (unpaired) electrons. The number of nitrogens with one attached hydrogen (secondary N) is 2. The van der Waals surface area contributed by atoms with E-state index in [9.17, 15) is 4.79 Å². The summed E-state index contributed by atoms with van der Waals surface area (Å²) in [5, 5.41) is 12.6. The Morgan fingerprint density at radius 1 is 1.69 bits per heavy atom. The Labute approximate surface area is 76.3 Å². The highest BCUT2D eigenvalue weighted by Crippen LogP contribution is 1.96. The molecule has 0 atom stereocenters. The number of hydrogen-bond acceptors (Lipinski definition) is 3. The lowest BCUT2D eigenvalue weighted by molar-refractivity contribution is 0.252. The molecule has 0 saturated carbocycles. The highest BCUT2D eigenvalue weighted by molar-refractivity contribution is 5.87. The molecule has 0 unspecified atom stereocenters. The van der Waals surface area contributed by atoms with E-state index in [0.717, 1.165) is 6.42 Å². The molecule has 0 spiro atoms. The Morgan fingerprint density at radius 2 is 2.46 bits per heavy atom. The second-order valence-electron chi connectivity index (χ2n) is 2.66. The maximum Gasteiger partial charge on any atom is 0.320 e. The molecule has 1 aromatic rings. The molecule has 0 aromatic carbocycles. The van der Waals surface area contributed by atoms with Crippen molar-refractivity contribution in [3.63, 3.8) is 0 Å². The van der Waals surface area contributed by atoms with Crippen LogP contribution in [0.25, 0.3) is 0 Å². The monoisotopic (exact) mass is 183 g/mol. The van der Waals surface area contributed by atoms with Crippen LogP contribution in [0.15, 0.2) is 6.20 Å². The zero-order valence-corrected chi connectivity index (χ0v) is 7.74. The first-order valence-corrected chi connectivity index (χ1v) is 4.13. The van der Waals surface area contributed by atoms with Crippen LogP contribution in [0, 0.1) is 0 Å². The first-order chi connectivity index (χ1) is 6.22. The van der Waals surface area contributed by atoms with Crippen LogP contribution in [0.3, 0.4) is 0 Å². The molecule has 0 aliphatic rings. The van der Waals surface area contributed by atoms with Crippen molar-refractivity contribution in [3.8, 4) is 0 Å². The standard InChI is InChI=1S/C7H13N5O/c1-3-4-8-7(13)9-6-5-12(2)11-10-6/h5H,3-4H2,1-2H3,(H2,8,9,13). The van der Waals surface area contributed by atoms with E-state index in [1.54, 1.807) is 13.2 Å². The van der Waals surface area contributed by atoms with Crippen molar-refractivity contribution in [3.05, 3.63) is 6.20 Å². The fourth-order valence-electron chi connectivity index (χ4n) is 0.804. The summed E-state index contributed by atoms with van der Waals surface area (Å²) in [6, 6.07) is -0.248. The van der Waals surface area contributed by atoms with Crippen LogP contribution in [0.2, 0.25) is 0 Å². The second-order valence-corrected chi connectivity index (χ2v) is 2.66. The van der Waals surface area contributed by atoms with Gasteiger partial charge in [0, 0.05) is 13.6 Å². The maximum atomic E-state index is 11.1. The summed E-state index contributed by atoms with van der Waals surface area (Å²) in [7, 11) is 1.74. The van der Waals surface area contributed by atoms with Gasteiger partial charge in [0.15, 0.2) is 5.82 Å².